The predicted octanol–water partition coefficient (Wildman–Crippen LogP) is 2.58. The molecule has 1 unspecified atom stereocenters. The molecule has 0 saturated carbocycles. The van der Waals surface area contributed by atoms with Crippen LogP contribution in [0.25, 0.3) is 0 Å². The molecule has 0 amide bonds. The van der Waals surface area contributed by atoms with Crippen molar-refractivity contribution in [3.8, 4) is 0 Å². The molecular weight excluding hydrogens is 406 g/mol. The summed E-state index contributed by atoms with van der Waals surface area (Å²) in [6.07, 6.45) is 1.82. The largest absolute Gasteiger partial charge is 0.308 e. The molecule has 2 aromatic heterocycles. The van der Waals surface area contributed by atoms with Crippen molar-refractivity contribution < 1.29 is 0 Å². The first-order valence-electron chi connectivity index (χ1n) is 6.09. The van der Waals surface area contributed by atoms with E-state index in [0.29, 0.717) is 0 Å². The van der Waals surface area contributed by atoms with Gasteiger partial charge in [-0.2, -0.15) is 5.10 Å². The van der Waals surface area contributed by atoms with Gasteiger partial charge in [0, 0.05) is 15.9 Å². The van der Waals surface area contributed by atoms with E-state index in [4.69, 9.17) is 5.84 Å². The summed E-state index contributed by atoms with van der Waals surface area (Å²) >= 11 is 8.80. The summed E-state index contributed by atoms with van der Waals surface area (Å²) in [5.41, 5.74) is 3.93. The molecule has 0 saturated heterocycles. The summed E-state index contributed by atoms with van der Waals surface area (Å²) in [4.78, 5) is 3.27. The maximum absolute atomic E-state index is 5.78. The van der Waals surface area contributed by atoms with E-state index in [-0.39, 0.29) is 6.04 Å². The first kappa shape index (κ1) is 16.1. The number of nitrogens with zero attached hydrogens (tertiary/aromatic N) is 3. The molecule has 20 heavy (non-hydrogen) atoms. The Hall–Kier alpha value is -0.250. The van der Waals surface area contributed by atoms with Gasteiger partial charge in [0.05, 0.1) is 29.0 Å². The zero-order chi connectivity index (χ0) is 14.7. The second kappa shape index (κ2) is 7.15. The van der Waals surface area contributed by atoms with Gasteiger partial charge in [0.25, 0.3) is 0 Å². The summed E-state index contributed by atoms with van der Waals surface area (Å²) in [5.74, 6) is 5.78. The van der Waals surface area contributed by atoms with Crippen LogP contribution in [0.3, 0.4) is 0 Å². The monoisotopic (exact) mass is 421 g/mol. The van der Waals surface area contributed by atoms with Crippen molar-refractivity contribution >= 4 is 43.2 Å². The third-order valence-corrected chi connectivity index (χ3v) is 5.49. The number of aromatic nitrogens is 2. The van der Waals surface area contributed by atoms with E-state index >= 15 is 0 Å². The van der Waals surface area contributed by atoms with Gasteiger partial charge in [0.1, 0.15) is 0 Å². The number of likely N-dealkylation sites (N-methyl/N-ethyl adjacent to an activating group) is 1. The Balaban J connectivity index is 2.34. The van der Waals surface area contributed by atoms with E-state index < -0.39 is 0 Å². The number of hydrogen-bond acceptors (Lipinski definition) is 5. The lowest BCUT2D eigenvalue weighted by Crippen LogP contribution is -2.31. The van der Waals surface area contributed by atoms with Crippen LogP contribution in [0.5, 0.6) is 0 Å². The Morgan fingerprint density at radius 2 is 2.20 bits per heavy atom. The molecule has 2 heterocycles. The molecule has 0 radical (unpaired) electrons. The van der Waals surface area contributed by atoms with E-state index in [9.17, 15) is 0 Å². The molecule has 0 aliphatic rings. The molecule has 110 valence electrons. The number of rotatable bonds is 6. The zero-order valence-electron chi connectivity index (χ0n) is 11.3. The second-order valence-corrected chi connectivity index (χ2v) is 7.29. The lowest BCUT2D eigenvalue weighted by molar-refractivity contribution is 0.365. The molecular formula is C12H17Br2N5S. The van der Waals surface area contributed by atoms with Crippen molar-refractivity contribution in [2.75, 3.05) is 20.6 Å². The van der Waals surface area contributed by atoms with Crippen LogP contribution in [0.2, 0.25) is 0 Å². The summed E-state index contributed by atoms with van der Waals surface area (Å²) < 4.78 is 4.00. The highest BCUT2D eigenvalue weighted by Crippen LogP contribution is 2.35. The minimum Gasteiger partial charge on any atom is -0.308 e. The standard InChI is InChI=1S/C12H17Br2N5S/c1-18(2)4-5-19-11(9(14)7-16-19)10(17-15)12-8(13)3-6-20-12/h3,6-7,10,17H,4-5,15H2,1-2H3. The minimum atomic E-state index is -0.0941. The van der Waals surface area contributed by atoms with Crippen molar-refractivity contribution in [2.45, 2.75) is 12.6 Å². The number of nitrogens with two attached hydrogens (primary N) is 1. The number of thiophene rings is 1. The van der Waals surface area contributed by atoms with Crippen molar-refractivity contribution in [1.29, 1.82) is 0 Å². The highest BCUT2D eigenvalue weighted by atomic mass is 79.9. The Bertz CT molecular complexity index is 566. The summed E-state index contributed by atoms with van der Waals surface area (Å²) in [6, 6.07) is 1.93. The SMILES string of the molecule is CN(C)CCn1ncc(Br)c1C(NN)c1sccc1Br. The minimum absolute atomic E-state index is 0.0941. The number of hydrazine groups is 1. The maximum Gasteiger partial charge on any atom is 0.0992 e. The van der Waals surface area contributed by atoms with Gasteiger partial charge in [-0.15, -0.1) is 11.3 Å². The number of nitrogens with one attached hydrogen (secondary N) is 1. The quantitative estimate of drug-likeness (QED) is 0.554. The van der Waals surface area contributed by atoms with Gasteiger partial charge in [-0.3, -0.25) is 10.5 Å². The van der Waals surface area contributed by atoms with Crippen LogP contribution in [0.4, 0.5) is 0 Å². The molecule has 2 aromatic rings. The Morgan fingerprint density at radius 3 is 2.75 bits per heavy atom. The van der Waals surface area contributed by atoms with E-state index in [1.807, 2.05) is 36.4 Å². The molecule has 3 N–H and O–H groups in total. The van der Waals surface area contributed by atoms with Crippen LogP contribution in [0.1, 0.15) is 16.6 Å². The van der Waals surface area contributed by atoms with Crippen LogP contribution in [-0.2, 0) is 6.54 Å². The van der Waals surface area contributed by atoms with Gasteiger partial charge in [0.2, 0.25) is 0 Å². The fourth-order valence-corrected chi connectivity index (χ4v) is 4.11. The molecule has 1 atom stereocenters. The Labute approximate surface area is 139 Å². The van der Waals surface area contributed by atoms with Crippen LogP contribution in [-0.4, -0.2) is 35.3 Å². The molecule has 0 aliphatic carbocycles. The third-order valence-electron chi connectivity index (χ3n) is 2.94. The van der Waals surface area contributed by atoms with Crippen molar-refractivity contribution in [3.63, 3.8) is 0 Å². The molecule has 0 aromatic carbocycles. The molecule has 5 nitrogen and oxygen atoms in total. The van der Waals surface area contributed by atoms with Crippen molar-refractivity contribution in [3.05, 3.63) is 37.2 Å². The summed E-state index contributed by atoms with van der Waals surface area (Å²) in [7, 11) is 4.10. The van der Waals surface area contributed by atoms with Crippen LogP contribution < -0.4 is 11.3 Å². The maximum atomic E-state index is 5.78. The second-order valence-electron chi connectivity index (χ2n) is 4.64. The van der Waals surface area contributed by atoms with E-state index in [0.717, 1.165) is 32.6 Å². The lowest BCUT2D eigenvalue weighted by Gasteiger charge is -2.19. The topological polar surface area (TPSA) is 59.1 Å². The molecule has 2 rings (SSSR count). The van der Waals surface area contributed by atoms with E-state index in [1.165, 1.54) is 0 Å². The number of halogens is 2. The van der Waals surface area contributed by atoms with Gasteiger partial charge in [-0.05, 0) is 57.4 Å². The lowest BCUT2D eigenvalue weighted by atomic mass is 10.2. The van der Waals surface area contributed by atoms with Gasteiger partial charge in [-0.25, -0.2) is 5.43 Å². The molecule has 0 fully saturated rings. The molecule has 0 bridgehead atoms. The first-order valence-corrected chi connectivity index (χ1v) is 8.56. The average molecular weight is 423 g/mol. The van der Waals surface area contributed by atoms with Gasteiger partial charge < -0.3 is 4.90 Å². The van der Waals surface area contributed by atoms with Gasteiger partial charge in [-0.1, -0.05) is 0 Å². The van der Waals surface area contributed by atoms with E-state index in [2.05, 4.69) is 47.3 Å². The van der Waals surface area contributed by atoms with Crippen molar-refractivity contribution in [1.82, 2.24) is 20.1 Å². The average Bonchev–Trinajstić information content (AvgIpc) is 2.97. The zero-order valence-corrected chi connectivity index (χ0v) is 15.3. The smallest absolute Gasteiger partial charge is 0.0992 e. The normalized spacial score (nSPS) is 13.1. The fourth-order valence-electron chi connectivity index (χ4n) is 1.92. The van der Waals surface area contributed by atoms with Gasteiger partial charge >= 0.3 is 0 Å². The Kier molecular flexibility index (Phi) is 5.76. The van der Waals surface area contributed by atoms with Crippen LogP contribution >= 0.6 is 43.2 Å². The first-order chi connectivity index (χ1) is 9.54. The van der Waals surface area contributed by atoms with Crippen LogP contribution in [0.15, 0.2) is 26.6 Å². The van der Waals surface area contributed by atoms with Crippen LogP contribution in [0, 0.1) is 0 Å². The van der Waals surface area contributed by atoms with E-state index in [1.54, 1.807) is 11.3 Å². The van der Waals surface area contributed by atoms with Crippen molar-refractivity contribution in [2.24, 2.45) is 5.84 Å². The summed E-state index contributed by atoms with van der Waals surface area (Å²) in [5, 5.41) is 6.47. The molecule has 0 aliphatic heterocycles. The fraction of sp³-hybridized carbons (Fsp3) is 0.417. The number of hydrogen-bond donors (Lipinski definition) is 2. The Morgan fingerprint density at radius 1 is 1.45 bits per heavy atom. The third kappa shape index (κ3) is 3.49. The summed E-state index contributed by atoms with van der Waals surface area (Å²) in [6.45, 7) is 1.74. The highest BCUT2D eigenvalue weighted by molar-refractivity contribution is 9.10. The predicted molar refractivity (Wildman–Crippen MR) is 89.7 cm³/mol. The molecule has 8 heteroatoms. The van der Waals surface area contributed by atoms with Gasteiger partial charge in [0.15, 0.2) is 0 Å². The molecule has 0 spiro atoms. The highest BCUT2D eigenvalue weighted by Gasteiger charge is 2.23.